The molecule has 1 saturated heterocycles. The molecule has 0 aliphatic carbocycles. The molecule has 0 radical (unpaired) electrons. The van der Waals surface area contributed by atoms with E-state index >= 15 is 0 Å². The molecule has 1 N–H and O–H groups in total. The van der Waals surface area contributed by atoms with Crippen molar-refractivity contribution in [3.63, 3.8) is 0 Å². The average Bonchev–Trinajstić information content (AvgIpc) is 3.31. The number of hydrogen-bond acceptors (Lipinski definition) is 6. The summed E-state index contributed by atoms with van der Waals surface area (Å²) in [7, 11) is 1.66. The lowest BCUT2D eigenvalue weighted by Crippen LogP contribution is -2.50. The largest absolute Gasteiger partial charge is 0.421 e. The standard InChI is InChI=1S/C20H28N4O3/c1-20(2,14-26-3)21-13-18(25)24-11-7-10-16(24)12-17-22-23-19(27-17)15-8-5-4-6-9-15/h4-6,8-9,16,21H,7,10-14H2,1-3H3. The second-order valence-electron chi connectivity index (χ2n) is 7.62. The van der Waals surface area contributed by atoms with Gasteiger partial charge in [0.25, 0.3) is 0 Å². The lowest BCUT2D eigenvalue weighted by Gasteiger charge is -2.28. The minimum Gasteiger partial charge on any atom is -0.421 e. The Bertz CT molecular complexity index is 745. The molecular weight excluding hydrogens is 344 g/mol. The van der Waals surface area contributed by atoms with Crippen LogP contribution in [-0.2, 0) is 16.0 Å². The lowest BCUT2D eigenvalue weighted by molar-refractivity contribution is -0.131. The smallest absolute Gasteiger partial charge is 0.247 e. The Hall–Kier alpha value is -2.25. The number of likely N-dealkylation sites (tertiary alicyclic amines) is 1. The Labute approximate surface area is 160 Å². The first-order valence-corrected chi connectivity index (χ1v) is 9.40. The number of benzene rings is 1. The van der Waals surface area contributed by atoms with Gasteiger partial charge >= 0.3 is 0 Å². The summed E-state index contributed by atoms with van der Waals surface area (Å²) in [5.74, 6) is 1.19. The molecule has 1 fully saturated rings. The van der Waals surface area contributed by atoms with Crippen LogP contribution < -0.4 is 5.32 Å². The Balaban J connectivity index is 1.58. The monoisotopic (exact) mass is 372 g/mol. The molecule has 146 valence electrons. The highest BCUT2D eigenvalue weighted by molar-refractivity contribution is 5.79. The Morgan fingerprint density at radius 3 is 2.85 bits per heavy atom. The van der Waals surface area contributed by atoms with Gasteiger partial charge in [0.2, 0.25) is 17.7 Å². The first-order valence-electron chi connectivity index (χ1n) is 9.40. The Morgan fingerprint density at radius 2 is 2.11 bits per heavy atom. The molecule has 1 amide bonds. The van der Waals surface area contributed by atoms with Crippen molar-refractivity contribution in [2.24, 2.45) is 0 Å². The quantitative estimate of drug-likeness (QED) is 0.766. The van der Waals surface area contributed by atoms with Gasteiger partial charge in [0.15, 0.2) is 0 Å². The predicted octanol–water partition coefficient (Wildman–Crippen LogP) is 2.28. The molecule has 1 unspecified atom stereocenters. The molecule has 1 aliphatic heterocycles. The number of methoxy groups -OCH3 is 1. The van der Waals surface area contributed by atoms with E-state index < -0.39 is 0 Å². The fraction of sp³-hybridized carbons (Fsp3) is 0.550. The van der Waals surface area contributed by atoms with Crippen molar-refractivity contribution in [1.82, 2.24) is 20.4 Å². The number of aromatic nitrogens is 2. The average molecular weight is 372 g/mol. The van der Waals surface area contributed by atoms with Crippen LogP contribution in [0.15, 0.2) is 34.7 Å². The Kier molecular flexibility index (Phi) is 6.23. The van der Waals surface area contributed by atoms with E-state index in [1.165, 1.54) is 0 Å². The van der Waals surface area contributed by atoms with Crippen LogP contribution in [0.4, 0.5) is 0 Å². The topological polar surface area (TPSA) is 80.5 Å². The minimum atomic E-state index is -0.239. The number of hydrogen-bond donors (Lipinski definition) is 1. The fourth-order valence-corrected chi connectivity index (χ4v) is 3.44. The second-order valence-corrected chi connectivity index (χ2v) is 7.62. The maximum Gasteiger partial charge on any atom is 0.247 e. The highest BCUT2D eigenvalue weighted by atomic mass is 16.5. The third-order valence-corrected chi connectivity index (χ3v) is 4.82. The molecule has 1 atom stereocenters. The molecule has 3 rings (SSSR count). The molecule has 27 heavy (non-hydrogen) atoms. The number of carbonyl (C=O) groups is 1. The molecule has 2 heterocycles. The summed E-state index contributed by atoms with van der Waals surface area (Å²) in [5.41, 5.74) is 0.664. The minimum absolute atomic E-state index is 0.101. The predicted molar refractivity (Wildman–Crippen MR) is 102 cm³/mol. The Morgan fingerprint density at radius 1 is 1.33 bits per heavy atom. The van der Waals surface area contributed by atoms with Gasteiger partial charge in [0, 0.05) is 37.2 Å². The molecule has 0 spiro atoms. The first-order chi connectivity index (χ1) is 13.0. The summed E-state index contributed by atoms with van der Waals surface area (Å²) in [6.45, 7) is 5.67. The summed E-state index contributed by atoms with van der Waals surface area (Å²) in [6.07, 6.45) is 2.54. The van der Waals surface area contributed by atoms with Crippen molar-refractivity contribution < 1.29 is 13.9 Å². The number of ether oxygens (including phenoxy) is 1. The lowest BCUT2D eigenvalue weighted by atomic mass is 10.1. The van der Waals surface area contributed by atoms with Crippen LogP contribution in [0.5, 0.6) is 0 Å². The van der Waals surface area contributed by atoms with Crippen molar-refractivity contribution in [3.05, 3.63) is 36.2 Å². The number of carbonyl (C=O) groups excluding carboxylic acids is 1. The van der Waals surface area contributed by atoms with Gasteiger partial charge in [0.1, 0.15) is 0 Å². The van der Waals surface area contributed by atoms with Crippen molar-refractivity contribution >= 4 is 5.91 Å². The zero-order valence-electron chi connectivity index (χ0n) is 16.3. The van der Waals surface area contributed by atoms with E-state index in [2.05, 4.69) is 15.5 Å². The third kappa shape index (κ3) is 5.14. The maximum absolute atomic E-state index is 12.7. The van der Waals surface area contributed by atoms with Crippen LogP contribution in [0.1, 0.15) is 32.6 Å². The zero-order chi connectivity index (χ0) is 19.3. The molecule has 0 bridgehead atoms. The van der Waals surface area contributed by atoms with Crippen LogP contribution in [0.25, 0.3) is 11.5 Å². The van der Waals surface area contributed by atoms with E-state index in [-0.39, 0.29) is 17.5 Å². The second kappa shape index (κ2) is 8.63. The van der Waals surface area contributed by atoms with Crippen LogP contribution in [0.2, 0.25) is 0 Å². The summed E-state index contributed by atoms with van der Waals surface area (Å²) in [4.78, 5) is 14.6. The summed E-state index contributed by atoms with van der Waals surface area (Å²) in [6, 6.07) is 9.81. The molecule has 1 aromatic carbocycles. The molecule has 7 heteroatoms. The third-order valence-electron chi connectivity index (χ3n) is 4.82. The van der Waals surface area contributed by atoms with Gasteiger partial charge in [0.05, 0.1) is 13.2 Å². The van der Waals surface area contributed by atoms with Crippen LogP contribution in [-0.4, -0.2) is 59.4 Å². The number of nitrogens with zero attached hydrogens (tertiary/aromatic N) is 3. The van der Waals surface area contributed by atoms with Gasteiger partial charge in [-0.1, -0.05) is 18.2 Å². The van der Waals surface area contributed by atoms with Crippen molar-refractivity contribution in [3.8, 4) is 11.5 Å². The molecule has 7 nitrogen and oxygen atoms in total. The van der Waals surface area contributed by atoms with Crippen molar-refractivity contribution in [2.75, 3.05) is 26.8 Å². The number of nitrogens with one attached hydrogen (secondary N) is 1. The summed E-state index contributed by atoms with van der Waals surface area (Å²) in [5, 5.41) is 11.6. The van der Waals surface area contributed by atoms with Gasteiger partial charge in [-0.05, 0) is 38.8 Å². The summed E-state index contributed by atoms with van der Waals surface area (Å²) < 4.78 is 11.0. The maximum atomic E-state index is 12.7. The summed E-state index contributed by atoms with van der Waals surface area (Å²) >= 11 is 0. The van der Waals surface area contributed by atoms with E-state index in [9.17, 15) is 4.79 Å². The SMILES string of the molecule is COCC(C)(C)NCC(=O)N1CCCC1Cc1nnc(-c2ccccc2)o1. The van der Waals surface area contributed by atoms with Gasteiger partial charge in [-0.3, -0.25) is 4.79 Å². The van der Waals surface area contributed by atoms with E-state index in [1.807, 2.05) is 49.1 Å². The highest BCUT2D eigenvalue weighted by Crippen LogP contribution is 2.23. The molecule has 1 aromatic heterocycles. The fourth-order valence-electron chi connectivity index (χ4n) is 3.44. The van der Waals surface area contributed by atoms with Crippen LogP contribution in [0.3, 0.4) is 0 Å². The van der Waals surface area contributed by atoms with Gasteiger partial charge in [-0.2, -0.15) is 0 Å². The zero-order valence-corrected chi connectivity index (χ0v) is 16.3. The molecule has 0 saturated carbocycles. The normalized spacial score (nSPS) is 17.4. The molecular formula is C20H28N4O3. The van der Waals surface area contributed by atoms with Crippen molar-refractivity contribution in [1.29, 1.82) is 0 Å². The first kappa shape index (κ1) is 19.5. The van der Waals surface area contributed by atoms with E-state index in [1.54, 1.807) is 7.11 Å². The van der Waals surface area contributed by atoms with Gasteiger partial charge in [-0.25, -0.2) is 0 Å². The number of amides is 1. The van der Waals surface area contributed by atoms with Crippen LogP contribution in [0, 0.1) is 0 Å². The number of rotatable bonds is 8. The highest BCUT2D eigenvalue weighted by Gasteiger charge is 2.31. The van der Waals surface area contributed by atoms with Gasteiger partial charge in [-0.15, -0.1) is 10.2 Å². The van der Waals surface area contributed by atoms with E-state index in [0.717, 1.165) is 24.9 Å². The van der Waals surface area contributed by atoms with Crippen LogP contribution >= 0.6 is 0 Å². The molecule has 1 aliphatic rings. The van der Waals surface area contributed by atoms with E-state index in [0.29, 0.717) is 31.4 Å². The molecule has 2 aromatic rings. The van der Waals surface area contributed by atoms with E-state index in [4.69, 9.17) is 9.15 Å². The van der Waals surface area contributed by atoms with Gasteiger partial charge < -0.3 is 19.4 Å². The van der Waals surface area contributed by atoms with Crippen molar-refractivity contribution in [2.45, 2.75) is 44.7 Å².